The van der Waals surface area contributed by atoms with Gasteiger partial charge in [-0.15, -0.1) is 26.3 Å². The maximum atomic E-state index is 10.3. The Morgan fingerprint density at radius 1 is 0.556 bits per heavy atom. The first-order valence-electron chi connectivity index (χ1n) is 9.16. The zero-order valence-corrected chi connectivity index (χ0v) is 15.9. The van der Waals surface area contributed by atoms with E-state index >= 15 is 0 Å². The first-order chi connectivity index (χ1) is 13.1. The van der Waals surface area contributed by atoms with Gasteiger partial charge in [-0.25, -0.2) is 0 Å². The Labute approximate surface area is 162 Å². The average molecular weight is 360 g/mol. The van der Waals surface area contributed by atoms with Crippen molar-refractivity contribution in [3.8, 4) is 11.5 Å². The summed E-state index contributed by atoms with van der Waals surface area (Å²) in [5.41, 5.74) is 6.27. The van der Waals surface area contributed by atoms with Crippen LogP contribution in [0.15, 0.2) is 74.9 Å². The lowest BCUT2D eigenvalue weighted by molar-refractivity contribution is 0.468. The highest BCUT2D eigenvalue weighted by molar-refractivity contribution is 5.51. The van der Waals surface area contributed by atoms with Gasteiger partial charge in [-0.3, -0.25) is 0 Å². The van der Waals surface area contributed by atoms with E-state index in [0.29, 0.717) is 43.6 Å². The van der Waals surface area contributed by atoms with Gasteiger partial charge in [0.2, 0.25) is 0 Å². The molecule has 0 saturated heterocycles. The Bertz CT molecular complexity index is 788. The Hall–Kier alpha value is -3.00. The van der Waals surface area contributed by atoms with Gasteiger partial charge < -0.3 is 10.2 Å². The van der Waals surface area contributed by atoms with Crippen LogP contribution in [0.1, 0.15) is 33.4 Å². The molecule has 2 aromatic carbocycles. The lowest BCUT2D eigenvalue weighted by Crippen LogP contribution is -2.05. The third kappa shape index (κ3) is 4.59. The van der Waals surface area contributed by atoms with Crippen molar-refractivity contribution in [1.82, 2.24) is 0 Å². The fourth-order valence-corrected chi connectivity index (χ4v) is 3.54. The topological polar surface area (TPSA) is 40.5 Å². The second kappa shape index (κ2) is 9.63. The van der Waals surface area contributed by atoms with E-state index in [1.54, 1.807) is 24.3 Å². The zero-order chi connectivity index (χ0) is 19.8. The number of hydrogen-bond donors (Lipinski definition) is 2. The summed E-state index contributed by atoms with van der Waals surface area (Å²) in [5.74, 6) is 0.583. The van der Waals surface area contributed by atoms with Gasteiger partial charge in [-0.2, -0.15) is 0 Å². The SMILES string of the molecule is C=CCc1c(O)ccc(Cc2ccc(O)c(CC=C)c2CC=C)c1CC=C. The van der Waals surface area contributed by atoms with Gasteiger partial charge in [0.1, 0.15) is 11.5 Å². The number of hydrogen-bond acceptors (Lipinski definition) is 2. The van der Waals surface area contributed by atoms with E-state index in [2.05, 4.69) is 26.3 Å². The average Bonchev–Trinajstić information content (AvgIpc) is 2.65. The predicted octanol–water partition coefficient (Wildman–Crippen LogP) is 5.60. The first-order valence-corrected chi connectivity index (χ1v) is 9.16. The summed E-state index contributed by atoms with van der Waals surface area (Å²) in [6.45, 7) is 15.3. The molecule has 0 amide bonds. The molecule has 0 spiro atoms. The molecule has 0 radical (unpaired) electrons. The number of benzene rings is 2. The molecule has 2 nitrogen and oxygen atoms in total. The van der Waals surface area contributed by atoms with Gasteiger partial charge in [0.25, 0.3) is 0 Å². The molecule has 2 heteroatoms. The summed E-state index contributed by atoms with van der Waals surface area (Å²) >= 11 is 0. The Morgan fingerprint density at radius 2 is 0.889 bits per heavy atom. The summed E-state index contributed by atoms with van der Waals surface area (Å²) in [6, 6.07) is 7.44. The minimum absolute atomic E-state index is 0.292. The molecule has 2 aromatic rings. The summed E-state index contributed by atoms with van der Waals surface area (Å²) in [4.78, 5) is 0. The molecule has 0 fully saturated rings. The van der Waals surface area contributed by atoms with Crippen molar-refractivity contribution in [2.45, 2.75) is 32.1 Å². The second-order valence-electron chi connectivity index (χ2n) is 6.55. The van der Waals surface area contributed by atoms with Crippen LogP contribution in [-0.4, -0.2) is 10.2 Å². The van der Waals surface area contributed by atoms with E-state index < -0.39 is 0 Å². The molecule has 0 aromatic heterocycles. The van der Waals surface area contributed by atoms with Gasteiger partial charge in [0.05, 0.1) is 0 Å². The smallest absolute Gasteiger partial charge is 0.119 e. The minimum atomic E-state index is 0.292. The second-order valence-corrected chi connectivity index (χ2v) is 6.55. The van der Waals surface area contributed by atoms with Crippen molar-refractivity contribution >= 4 is 0 Å². The Morgan fingerprint density at radius 3 is 1.22 bits per heavy atom. The van der Waals surface area contributed by atoms with Crippen molar-refractivity contribution in [3.05, 3.63) is 108 Å². The van der Waals surface area contributed by atoms with Gasteiger partial charge >= 0.3 is 0 Å². The third-order valence-corrected chi connectivity index (χ3v) is 4.78. The quantitative estimate of drug-likeness (QED) is 0.541. The van der Waals surface area contributed by atoms with E-state index in [9.17, 15) is 10.2 Å². The highest BCUT2D eigenvalue weighted by Crippen LogP contribution is 2.32. The van der Waals surface area contributed by atoms with Crippen LogP contribution in [0.3, 0.4) is 0 Å². The summed E-state index contributed by atoms with van der Waals surface area (Å²) in [6.07, 6.45) is 10.6. The number of aromatic hydroxyl groups is 2. The molecule has 0 aliphatic heterocycles. The molecular formula is C25H28O2. The molecule has 27 heavy (non-hydrogen) atoms. The standard InChI is InChI=1S/C25H28O2/c1-5-9-20-18(13-15-24(26)22(20)11-7-3)17-19-14-16-25(27)23(12-8-4)21(19)10-6-2/h5-8,13-16,26-27H,1-4,9-12,17H2. The third-order valence-electron chi connectivity index (χ3n) is 4.78. The minimum Gasteiger partial charge on any atom is -0.508 e. The first kappa shape index (κ1) is 20.3. The van der Waals surface area contributed by atoms with E-state index in [4.69, 9.17) is 0 Å². The summed E-state index contributed by atoms with van der Waals surface area (Å²) in [5, 5.41) is 20.6. The number of rotatable bonds is 10. The number of allylic oxidation sites excluding steroid dienone is 4. The monoisotopic (exact) mass is 360 g/mol. The van der Waals surface area contributed by atoms with Crippen molar-refractivity contribution in [1.29, 1.82) is 0 Å². The largest absolute Gasteiger partial charge is 0.508 e. The van der Waals surface area contributed by atoms with Crippen LogP contribution in [0.2, 0.25) is 0 Å². The van der Waals surface area contributed by atoms with E-state index in [-0.39, 0.29) is 0 Å². The van der Waals surface area contributed by atoms with E-state index in [1.165, 1.54) is 0 Å². The van der Waals surface area contributed by atoms with E-state index in [1.807, 2.05) is 24.3 Å². The molecule has 2 rings (SSSR count). The molecule has 140 valence electrons. The normalized spacial score (nSPS) is 10.4. The highest BCUT2D eigenvalue weighted by Gasteiger charge is 2.16. The van der Waals surface area contributed by atoms with Crippen LogP contribution in [-0.2, 0) is 32.1 Å². The molecular weight excluding hydrogens is 332 g/mol. The summed E-state index contributed by atoms with van der Waals surface area (Å²) < 4.78 is 0. The highest BCUT2D eigenvalue weighted by atomic mass is 16.3. The van der Waals surface area contributed by atoms with Crippen molar-refractivity contribution < 1.29 is 10.2 Å². The molecule has 0 atom stereocenters. The lowest BCUT2D eigenvalue weighted by Gasteiger charge is -2.18. The van der Waals surface area contributed by atoms with Gasteiger partial charge in [-0.05, 0) is 66.5 Å². The number of phenols is 2. The molecule has 0 unspecified atom stereocenters. The summed E-state index contributed by atoms with van der Waals surface area (Å²) in [7, 11) is 0. The molecule has 0 aliphatic rings. The molecule has 0 bridgehead atoms. The molecule has 0 heterocycles. The van der Waals surface area contributed by atoms with Crippen molar-refractivity contribution in [3.63, 3.8) is 0 Å². The molecule has 2 N–H and O–H groups in total. The van der Waals surface area contributed by atoms with Crippen molar-refractivity contribution in [2.75, 3.05) is 0 Å². The van der Waals surface area contributed by atoms with Crippen LogP contribution in [0.5, 0.6) is 11.5 Å². The predicted molar refractivity (Wildman–Crippen MR) is 115 cm³/mol. The van der Waals surface area contributed by atoms with Crippen LogP contribution in [0, 0.1) is 0 Å². The number of phenolic OH excluding ortho intramolecular Hbond substituents is 2. The van der Waals surface area contributed by atoms with Crippen LogP contribution in [0.4, 0.5) is 0 Å². The molecule has 0 aliphatic carbocycles. The van der Waals surface area contributed by atoms with Crippen LogP contribution < -0.4 is 0 Å². The van der Waals surface area contributed by atoms with Crippen molar-refractivity contribution in [2.24, 2.45) is 0 Å². The fourth-order valence-electron chi connectivity index (χ4n) is 3.54. The Balaban J connectivity index is 2.59. The van der Waals surface area contributed by atoms with E-state index in [0.717, 1.165) is 33.4 Å². The van der Waals surface area contributed by atoms with Gasteiger partial charge in [-0.1, -0.05) is 36.4 Å². The maximum absolute atomic E-state index is 10.3. The van der Waals surface area contributed by atoms with Crippen LogP contribution in [0.25, 0.3) is 0 Å². The fraction of sp³-hybridized carbons (Fsp3) is 0.200. The zero-order valence-electron chi connectivity index (χ0n) is 15.9. The van der Waals surface area contributed by atoms with Gasteiger partial charge in [0, 0.05) is 11.1 Å². The lowest BCUT2D eigenvalue weighted by atomic mass is 9.87. The maximum Gasteiger partial charge on any atom is 0.119 e. The molecule has 0 saturated carbocycles. The van der Waals surface area contributed by atoms with Crippen LogP contribution >= 0.6 is 0 Å². The Kier molecular flexibility index (Phi) is 7.25. The van der Waals surface area contributed by atoms with Gasteiger partial charge in [0.15, 0.2) is 0 Å².